The number of imidazole rings is 1. The number of H-pyrrole nitrogens is 1. The third-order valence-electron chi connectivity index (χ3n) is 3.32. The van der Waals surface area contributed by atoms with Gasteiger partial charge in [-0.25, -0.2) is 4.98 Å². The lowest BCUT2D eigenvalue weighted by Gasteiger charge is -2.02. The number of aromatic nitrogens is 5. The van der Waals surface area contributed by atoms with Crippen molar-refractivity contribution in [3.05, 3.63) is 40.1 Å². The first-order valence-corrected chi connectivity index (χ1v) is 6.50. The summed E-state index contributed by atoms with van der Waals surface area (Å²) in [6, 6.07) is 1.98. The number of pyridine rings is 1. The Balaban J connectivity index is 2.16. The average molecular weight is 273 g/mol. The Morgan fingerprint density at radius 1 is 1.37 bits per heavy atom. The molecule has 0 saturated heterocycles. The lowest BCUT2D eigenvalue weighted by Crippen LogP contribution is -2.01. The minimum absolute atomic E-state index is 0.689. The van der Waals surface area contributed by atoms with Gasteiger partial charge in [-0.3, -0.25) is 9.25 Å². The molecule has 3 rings (SSSR count). The first-order valence-electron chi connectivity index (χ1n) is 6.09. The van der Waals surface area contributed by atoms with Crippen LogP contribution in [0.2, 0.25) is 0 Å². The Morgan fingerprint density at radius 3 is 2.84 bits per heavy atom. The minimum Gasteiger partial charge on any atom is -0.329 e. The Morgan fingerprint density at radius 2 is 2.16 bits per heavy atom. The summed E-state index contributed by atoms with van der Waals surface area (Å²) >= 11 is 5.40. The molecule has 0 aliphatic heterocycles. The Kier molecular flexibility index (Phi) is 2.74. The van der Waals surface area contributed by atoms with Crippen LogP contribution in [0, 0.1) is 18.6 Å². The van der Waals surface area contributed by atoms with Gasteiger partial charge in [-0.2, -0.15) is 5.10 Å². The van der Waals surface area contributed by atoms with Crippen molar-refractivity contribution in [2.45, 2.75) is 20.4 Å². The summed E-state index contributed by atoms with van der Waals surface area (Å²) in [4.78, 5) is 7.66. The lowest BCUT2D eigenvalue weighted by atomic mass is 10.2. The van der Waals surface area contributed by atoms with E-state index in [2.05, 4.69) is 22.0 Å². The van der Waals surface area contributed by atoms with Crippen molar-refractivity contribution < 1.29 is 0 Å². The summed E-state index contributed by atoms with van der Waals surface area (Å²) < 4.78 is 4.53. The fourth-order valence-electron chi connectivity index (χ4n) is 2.29. The number of rotatable bonds is 2. The average Bonchev–Trinajstić information content (AvgIpc) is 2.83. The van der Waals surface area contributed by atoms with E-state index in [1.807, 2.05) is 41.7 Å². The number of aromatic amines is 1. The number of hydrogen-bond donors (Lipinski definition) is 1. The lowest BCUT2D eigenvalue weighted by molar-refractivity contribution is 0.755. The number of hydrogen-bond acceptors (Lipinski definition) is 3. The molecular formula is C13H15N5S. The monoisotopic (exact) mass is 273 g/mol. The number of fused-ring (bicyclic) bond motifs is 1. The van der Waals surface area contributed by atoms with Gasteiger partial charge in [0.1, 0.15) is 0 Å². The van der Waals surface area contributed by atoms with Crippen LogP contribution in [0.15, 0.2) is 18.5 Å². The van der Waals surface area contributed by atoms with Gasteiger partial charge in [-0.1, -0.05) is 0 Å². The van der Waals surface area contributed by atoms with Crippen LogP contribution in [-0.4, -0.2) is 24.3 Å². The van der Waals surface area contributed by atoms with E-state index in [1.165, 1.54) is 0 Å². The first kappa shape index (κ1) is 12.1. The highest BCUT2D eigenvalue weighted by molar-refractivity contribution is 7.71. The molecule has 0 bridgehead atoms. The summed E-state index contributed by atoms with van der Waals surface area (Å²) in [5.41, 5.74) is 5.23. The van der Waals surface area contributed by atoms with Gasteiger partial charge in [0, 0.05) is 25.0 Å². The van der Waals surface area contributed by atoms with Gasteiger partial charge in [0.25, 0.3) is 0 Å². The summed E-state index contributed by atoms with van der Waals surface area (Å²) in [6.45, 7) is 4.75. The van der Waals surface area contributed by atoms with E-state index < -0.39 is 0 Å². The minimum atomic E-state index is 0.689. The van der Waals surface area contributed by atoms with E-state index in [9.17, 15) is 0 Å². The molecule has 3 aromatic heterocycles. The van der Waals surface area contributed by atoms with E-state index in [4.69, 9.17) is 12.2 Å². The van der Waals surface area contributed by atoms with Crippen molar-refractivity contribution in [2.75, 3.05) is 0 Å². The van der Waals surface area contributed by atoms with Crippen molar-refractivity contribution in [1.82, 2.24) is 24.3 Å². The second-order valence-corrected chi connectivity index (χ2v) is 5.14. The zero-order chi connectivity index (χ0) is 13.6. The summed E-state index contributed by atoms with van der Waals surface area (Å²) in [5.74, 6) is 0. The number of nitrogens with one attached hydrogen (secondary N) is 1. The molecule has 0 aromatic carbocycles. The molecule has 19 heavy (non-hydrogen) atoms. The molecule has 0 aliphatic carbocycles. The van der Waals surface area contributed by atoms with E-state index >= 15 is 0 Å². The number of aryl methyl sites for hydroxylation is 3. The smallest absolute Gasteiger partial charge is 0.179 e. The van der Waals surface area contributed by atoms with Crippen LogP contribution in [0.25, 0.3) is 11.2 Å². The maximum atomic E-state index is 5.40. The van der Waals surface area contributed by atoms with Crippen LogP contribution in [0.1, 0.15) is 16.8 Å². The maximum Gasteiger partial charge on any atom is 0.179 e. The van der Waals surface area contributed by atoms with Crippen LogP contribution < -0.4 is 0 Å². The molecule has 3 heterocycles. The Hall–Kier alpha value is -1.95. The van der Waals surface area contributed by atoms with Gasteiger partial charge in [-0.15, -0.1) is 0 Å². The predicted molar refractivity (Wildman–Crippen MR) is 76.7 cm³/mol. The third-order valence-corrected chi connectivity index (χ3v) is 3.64. The molecule has 0 amide bonds. The zero-order valence-corrected chi connectivity index (χ0v) is 12.0. The molecular weight excluding hydrogens is 258 g/mol. The van der Waals surface area contributed by atoms with Gasteiger partial charge in [0.2, 0.25) is 0 Å². The largest absolute Gasteiger partial charge is 0.329 e. The molecule has 0 saturated carbocycles. The highest BCUT2D eigenvalue weighted by Gasteiger charge is 2.10. The van der Waals surface area contributed by atoms with Gasteiger partial charge >= 0.3 is 0 Å². The molecule has 5 nitrogen and oxygen atoms in total. The molecule has 6 heteroatoms. The quantitative estimate of drug-likeness (QED) is 0.730. The predicted octanol–water partition coefficient (Wildman–Crippen LogP) is 2.49. The molecule has 3 aromatic rings. The fraction of sp³-hybridized carbons (Fsp3) is 0.308. The van der Waals surface area contributed by atoms with Crippen LogP contribution in [0.4, 0.5) is 0 Å². The number of nitrogens with zero attached hydrogens (tertiary/aromatic N) is 4. The highest BCUT2D eigenvalue weighted by atomic mass is 32.1. The van der Waals surface area contributed by atoms with Crippen LogP contribution in [0.5, 0.6) is 0 Å². The molecule has 0 unspecified atom stereocenters. The van der Waals surface area contributed by atoms with Crippen molar-refractivity contribution in [1.29, 1.82) is 0 Å². The van der Waals surface area contributed by atoms with Crippen molar-refractivity contribution in [3.8, 4) is 0 Å². The van der Waals surface area contributed by atoms with Crippen molar-refractivity contribution in [3.63, 3.8) is 0 Å². The first-order chi connectivity index (χ1) is 9.06. The third kappa shape index (κ3) is 1.98. The van der Waals surface area contributed by atoms with Crippen LogP contribution in [0.3, 0.4) is 0 Å². The molecule has 0 aliphatic rings. The summed E-state index contributed by atoms with van der Waals surface area (Å²) in [6.07, 6.45) is 3.83. The Bertz CT molecular complexity index is 808. The molecule has 1 N–H and O–H groups in total. The van der Waals surface area contributed by atoms with Crippen molar-refractivity contribution >= 4 is 23.4 Å². The molecule has 0 spiro atoms. The van der Waals surface area contributed by atoms with Gasteiger partial charge in [-0.05, 0) is 37.7 Å². The van der Waals surface area contributed by atoms with Crippen LogP contribution in [-0.2, 0) is 13.6 Å². The van der Waals surface area contributed by atoms with E-state index in [0.29, 0.717) is 11.3 Å². The van der Waals surface area contributed by atoms with Gasteiger partial charge in [0.15, 0.2) is 10.4 Å². The van der Waals surface area contributed by atoms with Crippen molar-refractivity contribution in [2.24, 2.45) is 7.05 Å². The summed E-state index contributed by atoms with van der Waals surface area (Å²) in [5, 5.41) is 4.36. The van der Waals surface area contributed by atoms with Crippen LogP contribution >= 0.6 is 12.2 Å². The standard InChI is InChI=1S/C13H15N5S/c1-8-4-5-14-12-11(8)15-13(19)18(12)7-10-6-17(3)16-9(10)2/h4-6H,7H2,1-3H3,(H,15,19). The SMILES string of the molecule is Cc1nn(C)cc1Cn1c(=S)[nH]c2c(C)ccnc21. The topological polar surface area (TPSA) is 51.4 Å². The van der Waals surface area contributed by atoms with E-state index in [0.717, 1.165) is 28.0 Å². The highest BCUT2D eigenvalue weighted by Crippen LogP contribution is 2.17. The van der Waals surface area contributed by atoms with E-state index in [-0.39, 0.29) is 0 Å². The Labute approximate surface area is 115 Å². The molecule has 98 valence electrons. The fourth-order valence-corrected chi connectivity index (χ4v) is 2.55. The maximum absolute atomic E-state index is 5.40. The molecule has 0 atom stereocenters. The second-order valence-electron chi connectivity index (χ2n) is 4.76. The normalized spacial score (nSPS) is 11.3. The summed E-state index contributed by atoms with van der Waals surface area (Å²) in [7, 11) is 1.92. The second kappa shape index (κ2) is 4.31. The molecule has 0 radical (unpaired) electrons. The van der Waals surface area contributed by atoms with E-state index in [1.54, 1.807) is 0 Å². The molecule has 0 fully saturated rings. The van der Waals surface area contributed by atoms with Gasteiger partial charge < -0.3 is 4.98 Å². The zero-order valence-electron chi connectivity index (χ0n) is 11.1. The van der Waals surface area contributed by atoms with Gasteiger partial charge in [0.05, 0.1) is 17.8 Å².